The van der Waals surface area contributed by atoms with Crippen molar-refractivity contribution in [3.05, 3.63) is 60.2 Å². The molecule has 0 saturated heterocycles. The molecule has 0 bridgehead atoms. The zero-order valence-corrected chi connectivity index (χ0v) is 30.0. The summed E-state index contributed by atoms with van der Waals surface area (Å²) in [6.07, 6.45) is 0. The largest absolute Gasteiger partial charge is 1.00 e. The number of nitrogens with one attached hydrogen (secondary N) is 1. The molecule has 0 aliphatic carbocycles. The second-order valence-electron chi connectivity index (χ2n) is 8.59. The first-order chi connectivity index (χ1) is 19.2. The number of fused-ring (bicyclic) bond motifs is 1. The summed E-state index contributed by atoms with van der Waals surface area (Å²) in [5.41, 5.74) is 0.403. The zero-order chi connectivity index (χ0) is 30.1. The fourth-order valence-corrected chi connectivity index (χ4v) is 6.70. The number of hydrogen-bond acceptors (Lipinski definition) is 13. The standard InChI is InChI=1S/C25H22N4O9S3.2Na/c1-13-8-10-17-22(23(13)41(35,36)37)39-25(27-17)15-9-11-20(40(32,33)34)18(12-15)28-29-21(14(2)30)24(31)26-16-6-4-5-7-19(16)38-3;;/h4-12,21H,1-3H3,(H,26,31)(H,32,33,34)(H,35,36,37);;/q;2*+1/p-2. The Morgan fingerprint density at radius 2 is 1.67 bits per heavy atom. The number of benzene rings is 3. The van der Waals surface area contributed by atoms with Crippen LogP contribution in [0.5, 0.6) is 5.75 Å². The van der Waals surface area contributed by atoms with E-state index in [0.717, 1.165) is 30.4 Å². The van der Waals surface area contributed by atoms with Crippen molar-refractivity contribution in [1.29, 1.82) is 0 Å². The quantitative estimate of drug-likeness (QED) is 0.0884. The van der Waals surface area contributed by atoms with E-state index in [-0.39, 0.29) is 91.2 Å². The maximum Gasteiger partial charge on any atom is 1.00 e. The molecule has 0 aliphatic rings. The molecule has 4 rings (SSSR count). The van der Waals surface area contributed by atoms with Crippen molar-refractivity contribution >= 4 is 64.9 Å². The van der Waals surface area contributed by atoms with Crippen LogP contribution in [-0.2, 0) is 29.8 Å². The number of rotatable bonds is 9. The minimum absolute atomic E-state index is 0. The molecule has 3 aromatic carbocycles. The van der Waals surface area contributed by atoms with Crippen LogP contribution in [0.3, 0.4) is 0 Å². The van der Waals surface area contributed by atoms with Gasteiger partial charge in [0.05, 0.1) is 32.8 Å². The Kier molecular flexibility index (Phi) is 12.8. The predicted molar refractivity (Wildman–Crippen MR) is 146 cm³/mol. The molecule has 214 valence electrons. The second-order valence-corrected chi connectivity index (χ2v) is 12.3. The number of carbonyl (C=O) groups is 2. The Balaban J connectivity index is 0.00000323. The van der Waals surface area contributed by atoms with Crippen molar-refractivity contribution in [3.63, 3.8) is 0 Å². The topological polar surface area (TPSA) is 207 Å². The molecule has 0 aliphatic heterocycles. The number of thiazole rings is 1. The van der Waals surface area contributed by atoms with Crippen molar-refractivity contribution in [3.8, 4) is 16.3 Å². The zero-order valence-electron chi connectivity index (χ0n) is 23.5. The van der Waals surface area contributed by atoms with E-state index in [0.29, 0.717) is 5.75 Å². The second kappa shape index (κ2) is 14.8. The van der Waals surface area contributed by atoms with Crippen LogP contribution in [0.2, 0.25) is 0 Å². The SMILES string of the molecule is COc1ccccc1NC(=O)C(N=Nc1cc(-c2nc3ccc(C)c(S(=O)(=O)[O-])c3s2)ccc1S(=O)(=O)[O-])C(C)=O.[Na+].[Na+]. The molecule has 43 heavy (non-hydrogen) atoms. The molecule has 1 unspecified atom stereocenters. The van der Waals surface area contributed by atoms with Crippen molar-refractivity contribution in [2.24, 2.45) is 10.2 Å². The van der Waals surface area contributed by atoms with E-state index in [1.54, 1.807) is 18.2 Å². The normalized spacial score (nSPS) is 12.3. The van der Waals surface area contributed by atoms with Crippen LogP contribution >= 0.6 is 11.3 Å². The fraction of sp³-hybridized carbons (Fsp3) is 0.160. The first-order valence-corrected chi connectivity index (χ1v) is 15.2. The molecular weight excluding hydrogens is 642 g/mol. The van der Waals surface area contributed by atoms with Crippen LogP contribution < -0.4 is 69.2 Å². The number of ketones is 1. The minimum Gasteiger partial charge on any atom is -0.744 e. The molecule has 4 aromatic rings. The Morgan fingerprint density at radius 1 is 1.00 bits per heavy atom. The third-order valence-electron chi connectivity index (χ3n) is 5.71. The van der Waals surface area contributed by atoms with E-state index in [9.17, 15) is 35.5 Å². The van der Waals surface area contributed by atoms with Gasteiger partial charge in [-0.05, 0) is 49.7 Å². The number of ether oxygens (including phenoxy) is 1. The molecule has 1 heterocycles. The number of methoxy groups -OCH3 is 1. The maximum absolute atomic E-state index is 12.8. The van der Waals surface area contributed by atoms with Gasteiger partial charge in [-0.15, -0.1) is 11.3 Å². The van der Waals surface area contributed by atoms with Gasteiger partial charge in [0, 0.05) is 5.56 Å². The number of para-hydroxylation sites is 2. The van der Waals surface area contributed by atoms with E-state index in [4.69, 9.17) is 4.74 Å². The Bertz CT molecular complexity index is 1950. The van der Waals surface area contributed by atoms with Gasteiger partial charge in [0.25, 0.3) is 5.91 Å². The Labute approximate surface area is 295 Å². The number of nitrogens with zero attached hydrogens (tertiary/aromatic N) is 3. The average molecular weight is 663 g/mol. The number of amides is 1. The van der Waals surface area contributed by atoms with Gasteiger partial charge in [-0.2, -0.15) is 10.2 Å². The summed E-state index contributed by atoms with van der Waals surface area (Å²) in [6.45, 7) is 2.55. The molecule has 1 aromatic heterocycles. The van der Waals surface area contributed by atoms with Crippen molar-refractivity contribution < 1.29 is 99.4 Å². The van der Waals surface area contributed by atoms with Crippen LogP contribution in [0.4, 0.5) is 11.4 Å². The van der Waals surface area contributed by atoms with Crippen LogP contribution in [0, 0.1) is 6.92 Å². The van der Waals surface area contributed by atoms with Crippen molar-refractivity contribution in [2.75, 3.05) is 12.4 Å². The van der Waals surface area contributed by atoms with Gasteiger partial charge in [-0.25, -0.2) is 21.8 Å². The van der Waals surface area contributed by atoms with E-state index < -0.39 is 53.4 Å². The van der Waals surface area contributed by atoms with E-state index in [1.807, 2.05) is 0 Å². The van der Waals surface area contributed by atoms with Crippen LogP contribution in [-0.4, -0.2) is 55.8 Å². The molecule has 0 fully saturated rings. The third-order valence-corrected chi connectivity index (χ3v) is 8.89. The number of anilines is 1. The van der Waals surface area contributed by atoms with Crippen LogP contribution in [0.1, 0.15) is 12.5 Å². The van der Waals surface area contributed by atoms with Gasteiger partial charge in [-0.3, -0.25) is 9.59 Å². The van der Waals surface area contributed by atoms with Gasteiger partial charge in [-0.1, -0.05) is 24.3 Å². The number of carbonyl (C=O) groups excluding carboxylic acids is 2. The van der Waals surface area contributed by atoms with Gasteiger partial charge in [0.15, 0.2) is 5.78 Å². The van der Waals surface area contributed by atoms with Crippen LogP contribution in [0.25, 0.3) is 20.8 Å². The molecule has 18 heteroatoms. The van der Waals surface area contributed by atoms with E-state index >= 15 is 0 Å². The van der Waals surface area contributed by atoms with Crippen molar-refractivity contribution in [1.82, 2.24) is 4.98 Å². The maximum atomic E-state index is 12.8. The summed E-state index contributed by atoms with van der Waals surface area (Å²) in [7, 11) is -8.53. The minimum atomic E-state index is -5.08. The molecule has 0 radical (unpaired) electrons. The molecule has 1 amide bonds. The molecular formula is C25H20N4Na2O9S3. The monoisotopic (exact) mass is 662 g/mol. The van der Waals surface area contributed by atoms with Gasteiger partial charge in [0.1, 0.15) is 36.7 Å². The van der Waals surface area contributed by atoms with Gasteiger partial charge >= 0.3 is 59.1 Å². The third kappa shape index (κ3) is 8.55. The first kappa shape index (κ1) is 37.1. The number of Topliss-reactive ketones (excluding diaryl/α,β-unsaturated/α-hetero) is 1. The molecule has 0 saturated carbocycles. The summed E-state index contributed by atoms with van der Waals surface area (Å²) in [5, 5.41) is 10.2. The van der Waals surface area contributed by atoms with Crippen LogP contribution in [0.15, 0.2) is 74.6 Å². The van der Waals surface area contributed by atoms with E-state index in [1.165, 1.54) is 38.3 Å². The average Bonchev–Trinajstić information content (AvgIpc) is 3.31. The Hall–Kier alpha value is -2.09. The summed E-state index contributed by atoms with van der Waals surface area (Å²) in [6, 6.07) is 11.0. The molecule has 0 spiro atoms. The van der Waals surface area contributed by atoms with Gasteiger partial charge < -0.3 is 19.2 Å². The number of aromatic nitrogens is 1. The first-order valence-electron chi connectivity index (χ1n) is 11.5. The van der Waals surface area contributed by atoms with Gasteiger partial charge in [0.2, 0.25) is 6.04 Å². The number of aryl methyl sites for hydroxylation is 1. The summed E-state index contributed by atoms with van der Waals surface area (Å²) >= 11 is 0.859. The fourth-order valence-electron chi connectivity index (χ4n) is 3.83. The molecule has 13 nitrogen and oxygen atoms in total. The Morgan fingerprint density at radius 3 is 2.28 bits per heavy atom. The number of azo groups is 1. The molecule has 1 N–H and O–H groups in total. The molecule has 1 atom stereocenters. The van der Waals surface area contributed by atoms with Crippen molar-refractivity contribution in [2.45, 2.75) is 29.7 Å². The summed E-state index contributed by atoms with van der Waals surface area (Å²) in [4.78, 5) is 28.2. The predicted octanol–water partition coefficient (Wildman–Crippen LogP) is -2.22. The smallest absolute Gasteiger partial charge is 0.744 e. The van der Waals surface area contributed by atoms with E-state index in [2.05, 4.69) is 20.5 Å². The summed E-state index contributed by atoms with van der Waals surface area (Å²) < 4.78 is 76.6. The number of hydrogen-bond donors (Lipinski definition) is 1. The summed E-state index contributed by atoms with van der Waals surface area (Å²) in [5.74, 6) is -1.30.